The number of rotatable bonds is 4. The fraction of sp³-hybridized carbons (Fsp3) is 0.250. The van der Waals surface area contributed by atoms with Crippen LogP contribution in [-0.2, 0) is 6.42 Å². The molecule has 0 aliphatic heterocycles. The lowest BCUT2D eigenvalue weighted by atomic mass is 10.1. The van der Waals surface area contributed by atoms with Crippen molar-refractivity contribution in [2.24, 2.45) is 0 Å². The summed E-state index contributed by atoms with van der Waals surface area (Å²) in [4.78, 5) is 9.01. The molecule has 0 fully saturated rings. The minimum absolute atomic E-state index is 0.0567. The van der Waals surface area contributed by atoms with Gasteiger partial charge in [0.1, 0.15) is 17.2 Å². The minimum atomic E-state index is -0.240. The Morgan fingerprint density at radius 2 is 2.14 bits per heavy atom. The topological polar surface area (TPSA) is 30.7 Å². The van der Waals surface area contributed by atoms with Crippen molar-refractivity contribution < 1.29 is 4.39 Å². The number of hydrogen-bond donors (Lipinski definition) is 0. The maximum Gasteiger partial charge on any atom is 0.160 e. The van der Waals surface area contributed by atoms with Gasteiger partial charge in [0.05, 0.1) is 6.04 Å². The molecule has 2 heterocycles. The zero-order valence-electron chi connectivity index (χ0n) is 11.6. The maximum atomic E-state index is 13.5. The molecule has 1 aromatic carbocycles. The molecule has 0 saturated heterocycles. The molecular weight excluding hydrogens is 289 g/mol. The molecule has 0 spiro atoms. The largest absolute Gasteiger partial charge is 0.305 e. The average Bonchev–Trinajstić information content (AvgIpc) is 2.85. The van der Waals surface area contributed by atoms with Crippen LogP contribution in [0.1, 0.15) is 24.4 Å². The van der Waals surface area contributed by atoms with Crippen LogP contribution in [0.4, 0.5) is 4.39 Å². The molecule has 3 aromatic rings. The molecule has 0 saturated carbocycles. The van der Waals surface area contributed by atoms with Gasteiger partial charge in [0.2, 0.25) is 0 Å². The second-order valence-electron chi connectivity index (χ2n) is 4.91. The molecule has 5 heteroatoms. The van der Waals surface area contributed by atoms with E-state index < -0.39 is 0 Å². The third-order valence-electron chi connectivity index (χ3n) is 3.56. The first kappa shape index (κ1) is 14.0. The summed E-state index contributed by atoms with van der Waals surface area (Å²) in [5.41, 5.74) is 2.52. The first-order valence-corrected chi connectivity index (χ1v) is 7.37. The van der Waals surface area contributed by atoms with Crippen LogP contribution in [0.15, 0.2) is 42.6 Å². The van der Waals surface area contributed by atoms with E-state index in [0.29, 0.717) is 12.3 Å². The zero-order valence-corrected chi connectivity index (χ0v) is 12.4. The summed E-state index contributed by atoms with van der Waals surface area (Å²) in [5.74, 6) is 1.12. The third kappa shape index (κ3) is 2.63. The Kier molecular flexibility index (Phi) is 3.88. The molecule has 0 aliphatic carbocycles. The highest BCUT2D eigenvalue weighted by Crippen LogP contribution is 2.25. The van der Waals surface area contributed by atoms with Gasteiger partial charge in [-0.25, -0.2) is 14.4 Å². The highest BCUT2D eigenvalue weighted by molar-refractivity contribution is 6.17. The predicted molar refractivity (Wildman–Crippen MR) is 82.2 cm³/mol. The zero-order chi connectivity index (χ0) is 14.8. The van der Waals surface area contributed by atoms with Gasteiger partial charge in [-0.2, -0.15) is 0 Å². The van der Waals surface area contributed by atoms with E-state index in [1.807, 2.05) is 29.7 Å². The number of nitrogens with zero attached hydrogens (tertiary/aromatic N) is 3. The van der Waals surface area contributed by atoms with Gasteiger partial charge in [0.25, 0.3) is 0 Å². The lowest BCUT2D eigenvalue weighted by molar-refractivity contribution is 0.596. The first-order chi connectivity index (χ1) is 10.2. The van der Waals surface area contributed by atoms with Crippen LogP contribution >= 0.6 is 11.6 Å². The van der Waals surface area contributed by atoms with E-state index in [0.717, 1.165) is 22.6 Å². The Morgan fingerprint density at radius 3 is 2.90 bits per heavy atom. The van der Waals surface area contributed by atoms with Crippen molar-refractivity contribution in [3.8, 4) is 0 Å². The summed E-state index contributed by atoms with van der Waals surface area (Å²) in [6.45, 7) is 2.02. The number of hydrogen-bond acceptors (Lipinski definition) is 2. The van der Waals surface area contributed by atoms with Gasteiger partial charge in [-0.05, 0) is 36.8 Å². The monoisotopic (exact) mass is 303 g/mol. The van der Waals surface area contributed by atoms with E-state index in [1.54, 1.807) is 18.3 Å². The van der Waals surface area contributed by atoms with Gasteiger partial charge in [-0.15, -0.1) is 11.6 Å². The number of halogens is 2. The molecule has 108 valence electrons. The van der Waals surface area contributed by atoms with E-state index in [1.165, 1.54) is 6.07 Å². The second kappa shape index (κ2) is 5.82. The SMILES string of the molecule is CC(c1cccc(F)c1)n1c(CCCl)nc2cccnc21. The van der Waals surface area contributed by atoms with Gasteiger partial charge < -0.3 is 4.57 Å². The van der Waals surface area contributed by atoms with Crippen LogP contribution in [0.25, 0.3) is 11.2 Å². The van der Waals surface area contributed by atoms with E-state index in [2.05, 4.69) is 9.97 Å². The molecule has 0 amide bonds. The van der Waals surface area contributed by atoms with Crippen molar-refractivity contribution in [1.29, 1.82) is 0 Å². The van der Waals surface area contributed by atoms with Crippen molar-refractivity contribution in [3.63, 3.8) is 0 Å². The molecule has 0 bridgehead atoms. The lowest BCUT2D eigenvalue weighted by Gasteiger charge is -2.17. The summed E-state index contributed by atoms with van der Waals surface area (Å²) >= 11 is 5.88. The molecule has 3 rings (SSSR count). The number of aryl methyl sites for hydroxylation is 1. The Balaban J connectivity index is 2.15. The van der Waals surface area contributed by atoms with E-state index in [4.69, 9.17) is 11.6 Å². The fourth-order valence-corrected chi connectivity index (χ4v) is 2.73. The highest BCUT2D eigenvalue weighted by atomic mass is 35.5. The quantitative estimate of drug-likeness (QED) is 0.683. The Morgan fingerprint density at radius 1 is 1.29 bits per heavy atom. The molecule has 0 N–H and O–H groups in total. The van der Waals surface area contributed by atoms with Crippen molar-refractivity contribution in [2.45, 2.75) is 19.4 Å². The maximum absolute atomic E-state index is 13.5. The third-order valence-corrected chi connectivity index (χ3v) is 3.75. The number of fused-ring (bicyclic) bond motifs is 1. The van der Waals surface area contributed by atoms with Gasteiger partial charge in [0.15, 0.2) is 5.65 Å². The molecule has 0 radical (unpaired) electrons. The summed E-state index contributed by atoms with van der Waals surface area (Å²) in [7, 11) is 0. The smallest absolute Gasteiger partial charge is 0.160 e. The van der Waals surface area contributed by atoms with Crippen molar-refractivity contribution in [3.05, 3.63) is 59.8 Å². The molecule has 1 atom stereocenters. The second-order valence-corrected chi connectivity index (χ2v) is 5.29. The van der Waals surface area contributed by atoms with E-state index in [-0.39, 0.29) is 11.9 Å². The number of pyridine rings is 1. The van der Waals surface area contributed by atoms with E-state index in [9.17, 15) is 4.39 Å². The minimum Gasteiger partial charge on any atom is -0.305 e. The van der Waals surface area contributed by atoms with Gasteiger partial charge in [-0.3, -0.25) is 0 Å². The van der Waals surface area contributed by atoms with Crippen LogP contribution in [0.3, 0.4) is 0 Å². The molecule has 0 aliphatic rings. The normalized spacial score (nSPS) is 12.7. The summed E-state index contributed by atoms with van der Waals surface area (Å²) in [5, 5.41) is 0. The number of aromatic nitrogens is 3. The number of imidazole rings is 1. The van der Waals surface area contributed by atoms with Crippen LogP contribution in [0.2, 0.25) is 0 Å². The highest BCUT2D eigenvalue weighted by Gasteiger charge is 2.18. The van der Waals surface area contributed by atoms with Crippen LogP contribution in [0.5, 0.6) is 0 Å². The average molecular weight is 304 g/mol. The number of alkyl halides is 1. The van der Waals surface area contributed by atoms with Gasteiger partial charge in [-0.1, -0.05) is 12.1 Å². The fourth-order valence-electron chi connectivity index (χ4n) is 2.56. The Labute approximate surface area is 127 Å². The van der Waals surface area contributed by atoms with Crippen LogP contribution in [0, 0.1) is 5.82 Å². The first-order valence-electron chi connectivity index (χ1n) is 6.84. The lowest BCUT2D eigenvalue weighted by Crippen LogP contribution is -2.12. The van der Waals surface area contributed by atoms with Crippen molar-refractivity contribution in [2.75, 3.05) is 5.88 Å². The molecule has 3 nitrogen and oxygen atoms in total. The van der Waals surface area contributed by atoms with E-state index >= 15 is 0 Å². The van der Waals surface area contributed by atoms with Crippen LogP contribution in [-0.4, -0.2) is 20.4 Å². The molecule has 2 aromatic heterocycles. The van der Waals surface area contributed by atoms with Crippen molar-refractivity contribution in [1.82, 2.24) is 14.5 Å². The predicted octanol–water partition coefficient (Wildman–Crippen LogP) is 3.96. The Hall–Kier alpha value is -1.94. The van der Waals surface area contributed by atoms with Gasteiger partial charge in [0, 0.05) is 18.5 Å². The summed E-state index contributed by atoms with van der Waals surface area (Å²) in [6, 6.07) is 10.3. The molecular formula is C16H15ClFN3. The summed E-state index contributed by atoms with van der Waals surface area (Å²) in [6.07, 6.45) is 2.39. The van der Waals surface area contributed by atoms with Crippen molar-refractivity contribution >= 4 is 22.8 Å². The Bertz CT molecular complexity index is 769. The standard InChI is InChI=1S/C16H15ClFN3/c1-11(12-4-2-5-13(18)10-12)21-15(7-8-17)20-14-6-3-9-19-16(14)21/h2-6,9-11H,7-8H2,1H3. The molecule has 1 unspecified atom stereocenters. The van der Waals surface area contributed by atoms with Crippen LogP contribution < -0.4 is 0 Å². The van der Waals surface area contributed by atoms with Gasteiger partial charge >= 0.3 is 0 Å². The molecule has 21 heavy (non-hydrogen) atoms. The summed E-state index contributed by atoms with van der Waals surface area (Å²) < 4.78 is 15.5. The number of benzene rings is 1.